The van der Waals surface area contributed by atoms with Crippen LogP contribution in [0.3, 0.4) is 0 Å². The first-order valence-corrected chi connectivity index (χ1v) is 6.59. The van der Waals surface area contributed by atoms with Gasteiger partial charge in [-0.05, 0) is 45.3 Å². The van der Waals surface area contributed by atoms with Gasteiger partial charge in [-0.1, -0.05) is 25.7 Å². The normalized spacial score (nSPS) is 17.1. The van der Waals surface area contributed by atoms with Crippen molar-refractivity contribution in [3.8, 4) is 0 Å². The molecule has 0 aromatic carbocycles. The molecule has 0 atom stereocenters. The Hall–Kier alpha value is -0.370. The molecular weight excluding hydrogens is 186 g/mol. The molecule has 1 aliphatic heterocycles. The van der Waals surface area contributed by atoms with E-state index < -0.39 is 0 Å². The SMILES string of the molecule is O=CCCCCCCCCN1CCCC1. The van der Waals surface area contributed by atoms with Crippen molar-refractivity contribution in [3.63, 3.8) is 0 Å². The van der Waals surface area contributed by atoms with Gasteiger partial charge in [0.25, 0.3) is 0 Å². The van der Waals surface area contributed by atoms with Crippen LogP contribution in [0.2, 0.25) is 0 Å². The smallest absolute Gasteiger partial charge is 0.119 e. The van der Waals surface area contributed by atoms with Crippen LogP contribution in [0.4, 0.5) is 0 Å². The van der Waals surface area contributed by atoms with Crippen molar-refractivity contribution in [1.29, 1.82) is 0 Å². The molecule has 0 bridgehead atoms. The maximum atomic E-state index is 10.1. The van der Waals surface area contributed by atoms with Gasteiger partial charge in [-0.15, -0.1) is 0 Å². The summed E-state index contributed by atoms with van der Waals surface area (Å²) in [5.74, 6) is 0. The summed E-state index contributed by atoms with van der Waals surface area (Å²) in [5.41, 5.74) is 0. The minimum absolute atomic E-state index is 0.758. The summed E-state index contributed by atoms with van der Waals surface area (Å²) >= 11 is 0. The number of likely N-dealkylation sites (tertiary alicyclic amines) is 1. The molecule has 0 unspecified atom stereocenters. The number of hydrogen-bond donors (Lipinski definition) is 0. The van der Waals surface area contributed by atoms with Crippen LogP contribution in [0.15, 0.2) is 0 Å². The first-order chi connectivity index (χ1) is 7.43. The van der Waals surface area contributed by atoms with Crippen molar-refractivity contribution in [3.05, 3.63) is 0 Å². The molecule has 0 aromatic rings. The lowest BCUT2D eigenvalue weighted by molar-refractivity contribution is -0.107. The van der Waals surface area contributed by atoms with Gasteiger partial charge in [0.15, 0.2) is 0 Å². The summed E-state index contributed by atoms with van der Waals surface area (Å²) in [4.78, 5) is 12.7. The van der Waals surface area contributed by atoms with E-state index in [0.29, 0.717) is 0 Å². The standard InChI is InChI=1S/C13H25NO/c15-13-9-5-3-1-2-4-6-10-14-11-7-8-12-14/h13H,1-12H2. The quantitative estimate of drug-likeness (QED) is 0.431. The topological polar surface area (TPSA) is 20.3 Å². The molecule has 15 heavy (non-hydrogen) atoms. The van der Waals surface area contributed by atoms with Crippen LogP contribution < -0.4 is 0 Å². The fourth-order valence-corrected chi connectivity index (χ4v) is 2.28. The Morgan fingerprint density at radius 3 is 2.13 bits per heavy atom. The van der Waals surface area contributed by atoms with E-state index in [1.807, 2.05) is 0 Å². The zero-order valence-corrected chi connectivity index (χ0v) is 9.92. The molecule has 0 radical (unpaired) electrons. The number of aldehydes is 1. The van der Waals surface area contributed by atoms with Gasteiger partial charge >= 0.3 is 0 Å². The largest absolute Gasteiger partial charge is 0.303 e. The first-order valence-electron chi connectivity index (χ1n) is 6.59. The Balaban J connectivity index is 1.74. The second-order valence-electron chi connectivity index (χ2n) is 4.63. The minimum atomic E-state index is 0.758. The Morgan fingerprint density at radius 2 is 1.47 bits per heavy atom. The van der Waals surface area contributed by atoms with E-state index in [1.165, 1.54) is 64.6 Å². The lowest BCUT2D eigenvalue weighted by atomic mass is 10.1. The maximum absolute atomic E-state index is 10.1. The maximum Gasteiger partial charge on any atom is 0.119 e. The third kappa shape index (κ3) is 6.67. The summed E-state index contributed by atoms with van der Waals surface area (Å²) in [6.07, 6.45) is 12.3. The summed E-state index contributed by atoms with van der Waals surface area (Å²) < 4.78 is 0. The molecule has 1 fully saturated rings. The third-order valence-electron chi connectivity index (χ3n) is 3.25. The van der Waals surface area contributed by atoms with Gasteiger partial charge in [-0.2, -0.15) is 0 Å². The van der Waals surface area contributed by atoms with E-state index in [9.17, 15) is 4.79 Å². The van der Waals surface area contributed by atoms with E-state index >= 15 is 0 Å². The number of unbranched alkanes of at least 4 members (excludes halogenated alkanes) is 6. The second-order valence-corrected chi connectivity index (χ2v) is 4.63. The average molecular weight is 211 g/mol. The van der Waals surface area contributed by atoms with Crippen molar-refractivity contribution in [2.24, 2.45) is 0 Å². The molecule has 1 rings (SSSR count). The molecule has 2 heteroatoms. The fraction of sp³-hybridized carbons (Fsp3) is 0.923. The Morgan fingerprint density at radius 1 is 0.867 bits per heavy atom. The molecule has 0 aliphatic carbocycles. The first kappa shape index (κ1) is 12.7. The van der Waals surface area contributed by atoms with Crippen molar-refractivity contribution in [1.82, 2.24) is 4.90 Å². The van der Waals surface area contributed by atoms with Crippen LogP contribution >= 0.6 is 0 Å². The summed E-state index contributed by atoms with van der Waals surface area (Å²) in [5, 5.41) is 0. The number of hydrogen-bond acceptors (Lipinski definition) is 2. The second kappa shape index (κ2) is 8.90. The van der Waals surface area contributed by atoms with Crippen LogP contribution in [0.25, 0.3) is 0 Å². The average Bonchev–Trinajstić information content (AvgIpc) is 2.75. The van der Waals surface area contributed by atoms with E-state index in [0.717, 1.165) is 19.1 Å². The molecule has 0 N–H and O–H groups in total. The highest BCUT2D eigenvalue weighted by Crippen LogP contribution is 2.11. The third-order valence-corrected chi connectivity index (χ3v) is 3.25. The molecule has 0 saturated carbocycles. The minimum Gasteiger partial charge on any atom is -0.303 e. The summed E-state index contributed by atoms with van der Waals surface area (Å²) in [6.45, 7) is 3.98. The van der Waals surface area contributed by atoms with Gasteiger partial charge in [-0.3, -0.25) is 0 Å². The van der Waals surface area contributed by atoms with Crippen LogP contribution in [-0.4, -0.2) is 30.8 Å². The van der Waals surface area contributed by atoms with E-state index in [-0.39, 0.29) is 0 Å². The zero-order valence-electron chi connectivity index (χ0n) is 9.92. The highest BCUT2D eigenvalue weighted by Gasteiger charge is 2.09. The van der Waals surface area contributed by atoms with Crippen LogP contribution in [-0.2, 0) is 4.79 Å². The molecular formula is C13H25NO. The Kier molecular flexibility index (Phi) is 7.53. The zero-order chi connectivity index (χ0) is 10.8. The van der Waals surface area contributed by atoms with E-state index in [4.69, 9.17) is 0 Å². The Labute approximate surface area is 94.0 Å². The van der Waals surface area contributed by atoms with Gasteiger partial charge < -0.3 is 9.69 Å². The number of rotatable bonds is 9. The lowest BCUT2D eigenvalue weighted by Crippen LogP contribution is -2.20. The van der Waals surface area contributed by atoms with E-state index in [1.54, 1.807) is 0 Å². The van der Waals surface area contributed by atoms with Crippen LogP contribution in [0.5, 0.6) is 0 Å². The predicted molar refractivity (Wildman–Crippen MR) is 64.1 cm³/mol. The van der Waals surface area contributed by atoms with Crippen molar-refractivity contribution >= 4 is 6.29 Å². The Bertz CT molecular complexity index is 153. The molecule has 1 saturated heterocycles. The monoisotopic (exact) mass is 211 g/mol. The highest BCUT2D eigenvalue weighted by atomic mass is 16.1. The molecule has 2 nitrogen and oxygen atoms in total. The molecule has 88 valence electrons. The summed E-state index contributed by atoms with van der Waals surface area (Å²) in [7, 11) is 0. The van der Waals surface area contributed by atoms with Gasteiger partial charge in [-0.25, -0.2) is 0 Å². The van der Waals surface area contributed by atoms with Crippen molar-refractivity contribution < 1.29 is 4.79 Å². The predicted octanol–water partition coefficient (Wildman–Crippen LogP) is 3.01. The molecule has 1 aliphatic rings. The van der Waals surface area contributed by atoms with Gasteiger partial charge in [0.05, 0.1) is 0 Å². The van der Waals surface area contributed by atoms with Crippen molar-refractivity contribution in [2.45, 2.75) is 57.8 Å². The molecule has 0 amide bonds. The van der Waals surface area contributed by atoms with Gasteiger partial charge in [0, 0.05) is 6.42 Å². The van der Waals surface area contributed by atoms with E-state index in [2.05, 4.69) is 4.90 Å². The number of carbonyl (C=O) groups excluding carboxylic acids is 1. The number of carbonyl (C=O) groups is 1. The van der Waals surface area contributed by atoms with Gasteiger partial charge in [0.1, 0.15) is 6.29 Å². The van der Waals surface area contributed by atoms with Crippen LogP contribution in [0.1, 0.15) is 57.8 Å². The summed E-state index contributed by atoms with van der Waals surface area (Å²) in [6, 6.07) is 0. The van der Waals surface area contributed by atoms with Crippen LogP contribution in [0, 0.1) is 0 Å². The fourth-order valence-electron chi connectivity index (χ4n) is 2.28. The molecule has 0 spiro atoms. The van der Waals surface area contributed by atoms with Gasteiger partial charge in [0.2, 0.25) is 0 Å². The molecule has 0 aromatic heterocycles. The number of nitrogens with zero attached hydrogens (tertiary/aromatic N) is 1. The highest BCUT2D eigenvalue weighted by molar-refractivity contribution is 5.48. The molecule has 1 heterocycles. The lowest BCUT2D eigenvalue weighted by Gasteiger charge is -2.13. The van der Waals surface area contributed by atoms with Crippen molar-refractivity contribution in [2.75, 3.05) is 19.6 Å².